The standard InChI is InChI=1S/C17H18N2S2/c1-2-15(17-18-10-11-20-17)19-12-14-8-9-16(21-14)13-6-4-3-5-7-13/h3-11,15,19H,2,12H2,1H3. The van der Waals surface area contributed by atoms with Crippen molar-refractivity contribution in [2.45, 2.75) is 25.9 Å². The van der Waals surface area contributed by atoms with Gasteiger partial charge in [0.05, 0.1) is 6.04 Å². The van der Waals surface area contributed by atoms with E-state index in [-0.39, 0.29) is 0 Å². The fourth-order valence-corrected chi connectivity index (χ4v) is 4.03. The van der Waals surface area contributed by atoms with Gasteiger partial charge in [-0.3, -0.25) is 0 Å². The molecule has 2 heterocycles. The monoisotopic (exact) mass is 314 g/mol. The Bertz CT molecular complexity index is 659. The van der Waals surface area contributed by atoms with Crippen LogP contribution in [0.25, 0.3) is 10.4 Å². The predicted octanol–water partition coefficient (Wildman–Crippen LogP) is 5.11. The SMILES string of the molecule is CCC(NCc1ccc(-c2ccccc2)s1)c1nccs1. The zero-order valence-electron chi connectivity index (χ0n) is 12.0. The lowest BCUT2D eigenvalue weighted by Gasteiger charge is -2.13. The second-order valence-electron chi connectivity index (χ2n) is 4.84. The molecule has 0 radical (unpaired) electrons. The van der Waals surface area contributed by atoms with Crippen LogP contribution in [0.4, 0.5) is 0 Å². The van der Waals surface area contributed by atoms with Gasteiger partial charge >= 0.3 is 0 Å². The summed E-state index contributed by atoms with van der Waals surface area (Å²) in [5.74, 6) is 0. The molecule has 0 bridgehead atoms. The van der Waals surface area contributed by atoms with E-state index in [9.17, 15) is 0 Å². The highest BCUT2D eigenvalue weighted by atomic mass is 32.1. The number of hydrogen-bond acceptors (Lipinski definition) is 4. The van der Waals surface area contributed by atoms with Gasteiger partial charge in [-0.25, -0.2) is 4.98 Å². The summed E-state index contributed by atoms with van der Waals surface area (Å²) in [7, 11) is 0. The topological polar surface area (TPSA) is 24.9 Å². The third-order valence-corrected chi connectivity index (χ3v) is 5.42. The maximum atomic E-state index is 4.41. The molecule has 0 aliphatic heterocycles. The van der Waals surface area contributed by atoms with Gasteiger partial charge in [0.15, 0.2) is 0 Å². The normalized spacial score (nSPS) is 12.4. The highest BCUT2D eigenvalue weighted by Crippen LogP contribution is 2.28. The molecule has 1 aromatic carbocycles. The molecule has 108 valence electrons. The highest BCUT2D eigenvalue weighted by molar-refractivity contribution is 7.15. The van der Waals surface area contributed by atoms with Crippen molar-refractivity contribution < 1.29 is 0 Å². The van der Waals surface area contributed by atoms with Crippen LogP contribution in [0.15, 0.2) is 54.0 Å². The van der Waals surface area contributed by atoms with E-state index in [4.69, 9.17) is 0 Å². The number of nitrogens with one attached hydrogen (secondary N) is 1. The minimum Gasteiger partial charge on any atom is -0.303 e. The van der Waals surface area contributed by atoms with E-state index in [0.717, 1.165) is 13.0 Å². The summed E-state index contributed by atoms with van der Waals surface area (Å²) in [6, 6.07) is 15.3. The van der Waals surface area contributed by atoms with Gasteiger partial charge in [0, 0.05) is 27.9 Å². The van der Waals surface area contributed by atoms with Gasteiger partial charge in [-0.2, -0.15) is 0 Å². The number of thiophene rings is 1. The Morgan fingerprint density at radius 3 is 2.71 bits per heavy atom. The van der Waals surface area contributed by atoms with E-state index < -0.39 is 0 Å². The molecule has 1 N–H and O–H groups in total. The van der Waals surface area contributed by atoms with E-state index in [1.807, 2.05) is 22.9 Å². The summed E-state index contributed by atoms with van der Waals surface area (Å²) >= 11 is 3.58. The van der Waals surface area contributed by atoms with Crippen molar-refractivity contribution in [2.75, 3.05) is 0 Å². The second kappa shape index (κ2) is 6.98. The maximum Gasteiger partial charge on any atom is 0.109 e. The third kappa shape index (κ3) is 3.59. The van der Waals surface area contributed by atoms with E-state index in [0.29, 0.717) is 6.04 Å². The van der Waals surface area contributed by atoms with Crippen LogP contribution in [0.3, 0.4) is 0 Å². The molecule has 0 amide bonds. The molecule has 0 saturated carbocycles. The molecular formula is C17H18N2S2. The molecule has 2 aromatic heterocycles. The van der Waals surface area contributed by atoms with Gasteiger partial charge in [0.25, 0.3) is 0 Å². The van der Waals surface area contributed by atoms with Crippen LogP contribution in [0.1, 0.15) is 29.3 Å². The molecule has 0 aliphatic rings. The number of benzene rings is 1. The molecule has 0 saturated heterocycles. The molecule has 3 aromatic rings. The number of thiazole rings is 1. The Morgan fingerprint density at radius 2 is 2.00 bits per heavy atom. The fourth-order valence-electron chi connectivity index (χ4n) is 2.27. The minimum atomic E-state index is 0.354. The first-order valence-electron chi connectivity index (χ1n) is 7.13. The quantitative estimate of drug-likeness (QED) is 0.683. The Hall–Kier alpha value is -1.49. The number of hydrogen-bond donors (Lipinski definition) is 1. The molecule has 0 fully saturated rings. The lowest BCUT2D eigenvalue weighted by atomic mass is 10.2. The van der Waals surface area contributed by atoms with Crippen molar-refractivity contribution in [1.29, 1.82) is 0 Å². The zero-order valence-corrected chi connectivity index (χ0v) is 13.6. The Balaban J connectivity index is 1.65. The molecule has 1 atom stereocenters. The average molecular weight is 314 g/mol. The van der Waals surface area contributed by atoms with E-state index in [2.05, 4.69) is 59.7 Å². The van der Waals surface area contributed by atoms with E-state index in [1.54, 1.807) is 11.3 Å². The highest BCUT2D eigenvalue weighted by Gasteiger charge is 2.11. The number of aromatic nitrogens is 1. The van der Waals surface area contributed by atoms with Gasteiger partial charge < -0.3 is 5.32 Å². The third-order valence-electron chi connectivity index (χ3n) is 3.40. The van der Waals surface area contributed by atoms with Gasteiger partial charge in [-0.05, 0) is 24.1 Å². The van der Waals surface area contributed by atoms with Crippen LogP contribution in [-0.2, 0) is 6.54 Å². The molecule has 0 aliphatic carbocycles. The van der Waals surface area contributed by atoms with Crippen molar-refractivity contribution in [3.8, 4) is 10.4 Å². The van der Waals surface area contributed by atoms with Crippen LogP contribution in [0, 0.1) is 0 Å². The number of nitrogens with zero attached hydrogens (tertiary/aromatic N) is 1. The smallest absolute Gasteiger partial charge is 0.109 e. The summed E-state index contributed by atoms with van der Waals surface area (Å²) in [6.45, 7) is 3.10. The number of rotatable bonds is 6. The summed E-state index contributed by atoms with van der Waals surface area (Å²) in [5.41, 5.74) is 1.29. The van der Waals surface area contributed by atoms with E-state index in [1.165, 1.54) is 20.3 Å². The lowest BCUT2D eigenvalue weighted by Crippen LogP contribution is -2.19. The van der Waals surface area contributed by atoms with Crippen LogP contribution in [-0.4, -0.2) is 4.98 Å². The van der Waals surface area contributed by atoms with Crippen LogP contribution < -0.4 is 5.32 Å². The van der Waals surface area contributed by atoms with Crippen LogP contribution in [0.2, 0.25) is 0 Å². The van der Waals surface area contributed by atoms with E-state index >= 15 is 0 Å². The van der Waals surface area contributed by atoms with Crippen molar-refractivity contribution in [3.05, 3.63) is 63.9 Å². The summed E-state index contributed by atoms with van der Waals surface area (Å²) < 4.78 is 0. The van der Waals surface area contributed by atoms with Gasteiger partial charge in [-0.15, -0.1) is 22.7 Å². The Labute approximate surface area is 133 Å². The van der Waals surface area contributed by atoms with Gasteiger partial charge in [0.1, 0.15) is 5.01 Å². The van der Waals surface area contributed by atoms with Crippen molar-refractivity contribution in [1.82, 2.24) is 10.3 Å². The molecule has 2 nitrogen and oxygen atoms in total. The summed E-state index contributed by atoms with van der Waals surface area (Å²) in [4.78, 5) is 7.11. The van der Waals surface area contributed by atoms with Gasteiger partial charge in [-0.1, -0.05) is 37.3 Å². The largest absolute Gasteiger partial charge is 0.303 e. The van der Waals surface area contributed by atoms with Crippen molar-refractivity contribution in [2.24, 2.45) is 0 Å². The molecule has 4 heteroatoms. The first-order chi connectivity index (χ1) is 10.4. The summed E-state index contributed by atoms with van der Waals surface area (Å²) in [5, 5.41) is 6.83. The molecule has 21 heavy (non-hydrogen) atoms. The molecular weight excluding hydrogens is 296 g/mol. The fraction of sp³-hybridized carbons (Fsp3) is 0.235. The molecule has 3 rings (SSSR count). The molecule has 0 spiro atoms. The second-order valence-corrected chi connectivity index (χ2v) is 6.94. The molecule has 1 unspecified atom stereocenters. The maximum absolute atomic E-state index is 4.41. The van der Waals surface area contributed by atoms with Crippen LogP contribution in [0.5, 0.6) is 0 Å². The van der Waals surface area contributed by atoms with Crippen molar-refractivity contribution in [3.63, 3.8) is 0 Å². The van der Waals surface area contributed by atoms with Crippen LogP contribution >= 0.6 is 22.7 Å². The Kier molecular flexibility index (Phi) is 4.80. The minimum absolute atomic E-state index is 0.354. The Morgan fingerprint density at radius 1 is 1.14 bits per heavy atom. The zero-order chi connectivity index (χ0) is 14.5. The lowest BCUT2D eigenvalue weighted by molar-refractivity contribution is 0.519. The predicted molar refractivity (Wildman–Crippen MR) is 91.7 cm³/mol. The average Bonchev–Trinajstić information content (AvgIpc) is 3.20. The first-order valence-corrected chi connectivity index (χ1v) is 8.83. The summed E-state index contributed by atoms with van der Waals surface area (Å²) in [6.07, 6.45) is 2.94. The van der Waals surface area contributed by atoms with Gasteiger partial charge in [0.2, 0.25) is 0 Å². The first kappa shape index (κ1) is 14.4. The van der Waals surface area contributed by atoms with Crippen molar-refractivity contribution >= 4 is 22.7 Å².